The lowest BCUT2D eigenvalue weighted by atomic mass is 10.2. The smallest absolute Gasteiger partial charge is 0.161 e. The number of benzene rings is 1. The number of aryl methyl sites for hydroxylation is 1. The molecule has 1 aliphatic heterocycles. The first-order valence-electron chi connectivity index (χ1n) is 4.99. The SMILES string of the molecule is Cc1cc(F)c(NC2=NC(C)CS2)cc1F. The molecule has 0 radical (unpaired) electrons. The predicted molar refractivity (Wildman–Crippen MR) is 64.1 cm³/mol. The molecule has 0 saturated heterocycles. The van der Waals surface area contributed by atoms with Crippen LogP contribution in [0.3, 0.4) is 0 Å². The summed E-state index contributed by atoms with van der Waals surface area (Å²) in [4.78, 5) is 4.26. The molecular formula is C11H12F2N2S. The molecule has 16 heavy (non-hydrogen) atoms. The van der Waals surface area contributed by atoms with Crippen LogP contribution in [-0.4, -0.2) is 17.0 Å². The molecule has 0 bridgehead atoms. The molecule has 1 aromatic rings. The molecule has 1 aromatic carbocycles. The number of rotatable bonds is 1. The fourth-order valence-electron chi connectivity index (χ4n) is 1.40. The molecule has 0 aliphatic carbocycles. The van der Waals surface area contributed by atoms with E-state index in [0.29, 0.717) is 10.7 Å². The van der Waals surface area contributed by atoms with E-state index in [-0.39, 0.29) is 11.7 Å². The number of nitrogens with one attached hydrogen (secondary N) is 1. The van der Waals surface area contributed by atoms with Crippen molar-refractivity contribution in [3.8, 4) is 0 Å². The van der Waals surface area contributed by atoms with E-state index in [1.807, 2.05) is 6.92 Å². The first-order chi connectivity index (χ1) is 7.56. The van der Waals surface area contributed by atoms with Crippen molar-refractivity contribution in [3.63, 3.8) is 0 Å². The molecule has 0 amide bonds. The Balaban J connectivity index is 2.22. The number of amidine groups is 1. The highest BCUT2D eigenvalue weighted by Crippen LogP contribution is 2.23. The summed E-state index contributed by atoms with van der Waals surface area (Å²) in [6.45, 7) is 3.51. The van der Waals surface area contributed by atoms with Gasteiger partial charge >= 0.3 is 0 Å². The number of nitrogens with zero attached hydrogens (tertiary/aromatic N) is 1. The maximum absolute atomic E-state index is 13.5. The summed E-state index contributed by atoms with van der Waals surface area (Å²) in [5.74, 6) is 0.000438. The molecule has 86 valence electrons. The Hall–Kier alpha value is -1.10. The van der Waals surface area contributed by atoms with Crippen LogP contribution < -0.4 is 5.32 Å². The van der Waals surface area contributed by atoms with Crippen molar-refractivity contribution in [2.75, 3.05) is 11.1 Å². The van der Waals surface area contributed by atoms with E-state index in [2.05, 4.69) is 10.3 Å². The third kappa shape index (κ3) is 2.35. The molecule has 1 aliphatic rings. The number of anilines is 1. The molecular weight excluding hydrogens is 230 g/mol. The Morgan fingerprint density at radius 2 is 2.12 bits per heavy atom. The van der Waals surface area contributed by atoms with Gasteiger partial charge < -0.3 is 5.32 Å². The van der Waals surface area contributed by atoms with Crippen molar-refractivity contribution in [2.45, 2.75) is 19.9 Å². The number of thioether (sulfide) groups is 1. The lowest BCUT2D eigenvalue weighted by Gasteiger charge is -2.07. The van der Waals surface area contributed by atoms with Gasteiger partial charge in [-0.3, -0.25) is 4.99 Å². The second kappa shape index (κ2) is 4.41. The van der Waals surface area contributed by atoms with Crippen molar-refractivity contribution in [2.24, 2.45) is 4.99 Å². The van der Waals surface area contributed by atoms with E-state index in [9.17, 15) is 8.78 Å². The molecule has 0 fully saturated rings. The first-order valence-corrected chi connectivity index (χ1v) is 5.98. The Morgan fingerprint density at radius 1 is 1.38 bits per heavy atom. The molecule has 5 heteroatoms. The van der Waals surface area contributed by atoms with Gasteiger partial charge in [-0.2, -0.15) is 0 Å². The fourth-order valence-corrected chi connectivity index (χ4v) is 2.31. The van der Waals surface area contributed by atoms with Crippen molar-refractivity contribution in [3.05, 3.63) is 29.3 Å². The molecule has 1 heterocycles. The van der Waals surface area contributed by atoms with Gasteiger partial charge in [-0.15, -0.1) is 0 Å². The summed E-state index contributed by atoms with van der Waals surface area (Å²) >= 11 is 1.51. The average molecular weight is 242 g/mol. The van der Waals surface area contributed by atoms with Crippen LogP contribution in [0.2, 0.25) is 0 Å². The quantitative estimate of drug-likeness (QED) is 0.818. The summed E-state index contributed by atoms with van der Waals surface area (Å²) in [5, 5.41) is 3.45. The van der Waals surface area contributed by atoms with E-state index < -0.39 is 11.6 Å². The zero-order chi connectivity index (χ0) is 11.7. The summed E-state index contributed by atoms with van der Waals surface area (Å²) in [5.41, 5.74) is 0.445. The Bertz CT molecular complexity index is 446. The van der Waals surface area contributed by atoms with Crippen LogP contribution >= 0.6 is 11.8 Å². The standard InChI is InChI=1S/C11H12F2N2S/c1-6-3-9(13)10(4-8(6)12)15-11-14-7(2)5-16-11/h3-4,7H,5H2,1-2H3,(H,14,15). The monoisotopic (exact) mass is 242 g/mol. The molecule has 0 spiro atoms. The van der Waals surface area contributed by atoms with E-state index in [4.69, 9.17) is 0 Å². The number of aliphatic imine (C=N–C) groups is 1. The zero-order valence-electron chi connectivity index (χ0n) is 9.05. The van der Waals surface area contributed by atoms with Crippen molar-refractivity contribution in [1.29, 1.82) is 0 Å². The minimum atomic E-state index is -0.457. The van der Waals surface area contributed by atoms with Crippen LogP contribution in [0, 0.1) is 18.6 Å². The lowest BCUT2D eigenvalue weighted by Crippen LogP contribution is -2.07. The van der Waals surface area contributed by atoms with Gasteiger partial charge in [-0.05, 0) is 25.5 Å². The largest absolute Gasteiger partial charge is 0.332 e. The maximum atomic E-state index is 13.5. The highest BCUT2D eigenvalue weighted by Gasteiger charge is 2.16. The topological polar surface area (TPSA) is 24.4 Å². The Kier molecular flexibility index (Phi) is 3.14. The summed E-state index contributed by atoms with van der Waals surface area (Å²) in [6, 6.07) is 2.57. The first kappa shape index (κ1) is 11.4. The molecule has 1 unspecified atom stereocenters. The normalized spacial score (nSPS) is 19.8. The van der Waals surface area contributed by atoms with E-state index in [1.54, 1.807) is 0 Å². The van der Waals surface area contributed by atoms with Gasteiger partial charge in [0.1, 0.15) is 11.6 Å². The van der Waals surface area contributed by atoms with Gasteiger partial charge in [0.05, 0.1) is 11.7 Å². The molecule has 2 rings (SSSR count). The molecule has 1 N–H and O–H groups in total. The highest BCUT2D eigenvalue weighted by molar-refractivity contribution is 8.14. The van der Waals surface area contributed by atoms with Crippen molar-refractivity contribution >= 4 is 22.6 Å². The third-order valence-electron chi connectivity index (χ3n) is 2.29. The van der Waals surface area contributed by atoms with Crippen LogP contribution in [0.4, 0.5) is 14.5 Å². The van der Waals surface area contributed by atoms with E-state index >= 15 is 0 Å². The lowest BCUT2D eigenvalue weighted by molar-refractivity contribution is 0.596. The van der Waals surface area contributed by atoms with Crippen LogP contribution in [0.15, 0.2) is 17.1 Å². The van der Waals surface area contributed by atoms with Crippen LogP contribution in [-0.2, 0) is 0 Å². The van der Waals surface area contributed by atoms with Crippen LogP contribution in [0.25, 0.3) is 0 Å². The molecule has 0 aromatic heterocycles. The minimum Gasteiger partial charge on any atom is -0.332 e. The highest BCUT2D eigenvalue weighted by atomic mass is 32.2. The number of hydrogen-bond acceptors (Lipinski definition) is 3. The van der Waals surface area contributed by atoms with E-state index in [1.165, 1.54) is 24.8 Å². The summed E-state index contributed by atoms with van der Waals surface area (Å²) in [7, 11) is 0. The van der Waals surface area contributed by atoms with Gasteiger partial charge in [0.2, 0.25) is 0 Å². The van der Waals surface area contributed by atoms with Crippen molar-refractivity contribution in [1.82, 2.24) is 0 Å². The van der Waals surface area contributed by atoms with Gasteiger partial charge in [-0.1, -0.05) is 11.8 Å². The van der Waals surface area contributed by atoms with Crippen LogP contribution in [0.5, 0.6) is 0 Å². The molecule has 2 nitrogen and oxygen atoms in total. The zero-order valence-corrected chi connectivity index (χ0v) is 9.87. The molecule has 1 atom stereocenters. The second-order valence-corrected chi connectivity index (χ2v) is 4.81. The van der Waals surface area contributed by atoms with Gasteiger partial charge in [0.25, 0.3) is 0 Å². The van der Waals surface area contributed by atoms with Gasteiger partial charge in [0, 0.05) is 11.8 Å². The van der Waals surface area contributed by atoms with Crippen molar-refractivity contribution < 1.29 is 8.78 Å². The summed E-state index contributed by atoms with van der Waals surface area (Å²) < 4.78 is 26.7. The second-order valence-electron chi connectivity index (χ2n) is 3.80. The van der Waals surface area contributed by atoms with Gasteiger partial charge in [-0.25, -0.2) is 8.78 Å². The Labute approximate surface area is 97.1 Å². The van der Waals surface area contributed by atoms with Crippen LogP contribution in [0.1, 0.15) is 12.5 Å². The average Bonchev–Trinajstić information content (AvgIpc) is 2.60. The fraction of sp³-hybridized carbons (Fsp3) is 0.364. The summed E-state index contributed by atoms with van der Waals surface area (Å²) in [6.07, 6.45) is 0. The molecule has 0 saturated carbocycles. The number of halogens is 2. The maximum Gasteiger partial charge on any atom is 0.161 e. The van der Waals surface area contributed by atoms with Gasteiger partial charge in [0.15, 0.2) is 5.17 Å². The Morgan fingerprint density at radius 3 is 2.75 bits per heavy atom. The van der Waals surface area contributed by atoms with E-state index in [0.717, 1.165) is 11.8 Å². The minimum absolute atomic E-state index is 0.142. The third-order valence-corrected chi connectivity index (χ3v) is 3.42. The number of hydrogen-bond donors (Lipinski definition) is 1. The predicted octanol–water partition coefficient (Wildman–Crippen LogP) is 3.18.